The zero-order valence-corrected chi connectivity index (χ0v) is 12.7. The molecule has 0 spiro atoms. The maximum atomic E-state index is 5.24. The van der Waals surface area contributed by atoms with Gasteiger partial charge in [-0.1, -0.05) is 11.8 Å². The number of nitrogens with one attached hydrogen (secondary N) is 1. The number of methoxy groups -OCH3 is 1. The fourth-order valence-electron chi connectivity index (χ4n) is 2.35. The van der Waals surface area contributed by atoms with E-state index >= 15 is 0 Å². The minimum Gasteiger partial charge on any atom is -0.384 e. The Kier molecular flexibility index (Phi) is 5.27. The van der Waals surface area contributed by atoms with E-state index in [1.54, 1.807) is 18.9 Å². The lowest BCUT2D eigenvalue weighted by molar-refractivity contribution is 0.161. The Morgan fingerprint density at radius 2 is 2.37 bits per heavy atom. The van der Waals surface area contributed by atoms with Crippen molar-refractivity contribution in [3.05, 3.63) is 6.07 Å². The number of rotatable bonds is 6. The third kappa shape index (κ3) is 3.73. The highest BCUT2D eigenvalue weighted by Gasteiger charge is 2.24. The normalized spacial score (nSPS) is 18.9. The molecular formula is C13H22N4OS. The molecule has 0 aliphatic carbocycles. The summed E-state index contributed by atoms with van der Waals surface area (Å²) in [5.74, 6) is 2.54. The summed E-state index contributed by atoms with van der Waals surface area (Å²) in [4.78, 5) is 11.4. The molecule has 1 unspecified atom stereocenters. The molecule has 2 heterocycles. The molecule has 1 atom stereocenters. The largest absolute Gasteiger partial charge is 0.384 e. The molecule has 0 amide bonds. The number of anilines is 2. The van der Waals surface area contributed by atoms with Crippen LogP contribution in [0.15, 0.2) is 11.2 Å². The van der Waals surface area contributed by atoms with Crippen molar-refractivity contribution in [2.75, 3.05) is 49.8 Å². The van der Waals surface area contributed by atoms with E-state index in [4.69, 9.17) is 4.74 Å². The number of ether oxygens (including phenoxy) is 1. The lowest BCUT2D eigenvalue weighted by atomic mass is 10.1. The van der Waals surface area contributed by atoms with Gasteiger partial charge in [-0.05, 0) is 19.6 Å². The van der Waals surface area contributed by atoms with E-state index in [1.165, 1.54) is 6.42 Å². The molecule has 106 valence electrons. The molecule has 19 heavy (non-hydrogen) atoms. The Morgan fingerprint density at radius 3 is 3.05 bits per heavy atom. The summed E-state index contributed by atoms with van der Waals surface area (Å²) in [7, 11) is 1.77. The molecule has 0 radical (unpaired) electrons. The van der Waals surface area contributed by atoms with E-state index in [-0.39, 0.29) is 0 Å². The average molecular weight is 282 g/mol. The Labute approximate surface area is 119 Å². The average Bonchev–Trinajstić information content (AvgIpc) is 2.88. The van der Waals surface area contributed by atoms with E-state index in [9.17, 15) is 0 Å². The first-order valence-corrected chi connectivity index (χ1v) is 7.90. The highest BCUT2D eigenvalue weighted by molar-refractivity contribution is 7.98. The number of hydrogen-bond acceptors (Lipinski definition) is 6. The molecule has 5 nitrogen and oxygen atoms in total. The number of aromatic nitrogens is 2. The van der Waals surface area contributed by atoms with Gasteiger partial charge in [-0.2, -0.15) is 0 Å². The number of hydrogen-bond donors (Lipinski definition) is 1. The monoisotopic (exact) mass is 282 g/mol. The van der Waals surface area contributed by atoms with Crippen molar-refractivity contribution < 1.29 is 4.74 Å². The molecule has 1 N–H and O–H groups in total. The molecule has 1 aliphatic rings. The first-order chi connectivity index (χ1) is 9.26. The quantitative estimate of drug-likeness (QED) is 0.637. The minimum atomic E-state index is 0.611. The van der Waals surface area contributed by atoms with Crippen LogP contribution >= 0.6 is 11.8 Å². The van der Waals surface area contributed by atoms with Crippen LogP contribution in [-0.4, -0.2) is 49.6 Å². The van der Waals surface area contributed by atoms with Gasteiger partial charge in [-0.25, -0.2) is 9.97 Å². The molecule has 6 heteroatoms. The topological polar surface area (TPSA) is 50.3 Å². The Morgan fingerprint density at radius 1 is 1.53 bits per heavy atom. The molecule has 2 rings (SSSR count). The van der Waals surface area contributed by atoms with Crippen LogP contribution in [0.1, 0.15) is 13.3 Å². The molecule has 1 aromatic rings. The van der Waals surface area contributed by atoms with Crippen molar-refractivity contribution in [1.82, 2.24) is 9.97 Å². The van der Waals surface area contributed by atoms with E-state index in [0.717, 1.165) is 43.0 Å². The Balaban J connectivity index is 2.12. The van der Waals surface area contributed by atoms with Crippen molar-refractivity contribution in [1.29, 1.82) is 0 Å². The van der Waals surface area contributed by atoms with Crippen LogP contribution in [0.4, 0.5) is 11.6 Å². The molecule has 0 saturated carbocycles. The van der Waals surface area contributed by atoms with E-state index in [2.05, 4.69) is 27.1 Å². The highest BCUT2D eigenvalue weighted by atomic mass is 32.2. The minimum absolute atomic E-state index is 0.611. The van der Waals surface area contributed by atoms with Gasteiger partial charge in [0, 0.05) is 38.7 Å². The van der Waals surface area contributed by atoms with Gasteiger partial charge in [-0.3, -0.25) is 0 Å². The number of nitrogens with zero attached hydrogens (tertiary/aromatic N) is 3. The fraction of sp³-hybridized carbons (Fsp3) is 0.692. The van der Waals surface area contributed by atoms with Gasteiger partial charge < -0.3 is 15.0 Å². The van der Waals surface area contributed by atoms with Crippen molar-refractivity contribution >= 4 is 23.4 Å². The van der Waals surface area contributed by atoms with Crippen LogP contribution in [-0.2, 0) is 4.74 Å². The van der Waals surface area contributed by atoms with Crippen LogP contribution < -0.4 is 10.2 Å². The van der Waals surface area contributed by atoms with Gasteiger partial charge in [0.2, 0.25) is 0 Å². The third-order valence-electron chi connectivity index (χ3n) is 3.24. The zero-order valence-electron chi connectivity index (χ0n) is 11.8. The van der Waals surface area contributed by atoms with Crippen molar-refractivity contribution in [2.24, 2.45) is 5.92 Å². The van der Waals surface area contributed by atoms with Gasteiger partial charge in [0.1, 0.15) is 11.6 Å². The second kappa shape index (κ2) is 6.96. The van der Waals surface area contributed by atoms with Gasteiger partial charge in [-0.15, -0.1) is 0 Å². The van der Waals surface area contributed by atoms with Crippen molar-refractivity contribution in [2.45, 2.75) is 18.5 Å². The summed E-state index contributed by atoms with van der Waals surface area (Å²) >= 11 is 1.58. The number of thioether (sulfide) groups is 1. The maximum Gasteiger partial charge on any atom is 0.191 e. The second-order valence-corrected chi connectivity index (χ2v) is 5.46. The predicted molar refractivity (Wildman–Crippen MR) is 80.2 cm³/mol. The third-order valence-corrected chi connectivity index (χ3v) is 3.79. The Hall–Kier alpha value is -1.01. The summed E-state index contributed by atoms with van der Waals surface area (Å²) in [5, 5.41) is 4.09. The molecule has 0 aromatic carbocycles. The first-order valence-electron chi connectivity index (χ1n) is 6.67. The van der Waals surface area contributed by atoms with E-state index in [0.29, 0.717) is 5.92 Å². The van der Waals surface area contributed by atoms with E-state index in [1.807, 2.05) is 12.3 Å². The molecular weight excluding hydrogens is 260 g/mol. The molecule has 1 aliphatic heterocycles. The van der Waals surface area contributed by atoms with E-state index < -0.39 is 0 Å². The second-order valence-electron chi connectivity index (χ2n) is 4.68. The van der Waals surface area contributed by atoms with Crippen LogP contribution in [0.2, 0.25) is 0 Å². The fourth-order valence-corrected chi connectivity index (χ4v) is 2.72. The van der Waals surface area contributed by atoms with Crippen LogP contribution in [0.5, 0.6) is 0 Å². The van der Waals surface area contributed by atoms with Crippen molar-refractivity contribution in [3.63, 3.8) is 0 Å². The molecule has 1 saturated heterocycles. The van der Waals surface area contributed by atoms with Gasteiger partial charge in [0.15, 0.2) is 5.16 Å². The van der Waals surface area contributed by atoms with Crippen LogP contribution in [0, 0.1) is 5.92 Å². The zero-order chi connectivity index (χ0) is 13.7. The van der Waals surface area contributed by atoms with Crippen molar-refractivity contribution in [3.8, 4) is 0 Å². The molecule has 1 fully saturated rings. The first kappa shape index (κ1) is 14.4. The van der Waals surface area contributed by atoms with Gasteiger partial charge in [0.25, 0.3) is 0 Å². The summed E-state index contributed by atoms with van der Waals surface area (Å²) in [6, 6.07) is 2.04. The summed E-state index contributed by atoms with van der Waals surface area (Å²) in [6.07, 6.45) is 3.18. The van der Waals surface area contributed by atoms with Gasteiger partial charge in [0.05, 0.1) is 6.61 Å². The van der Waals surface area contributed by atoms with Gasteiger partial charge >= 0.3 is 0 Å². The maximum absolute atomic E-state index is 5.24. The van der Waals surface area contributed by atoms with Crippen LogP contribution in [0.25, 0.3) is 0 Å². The molecule has 0 bridgehead atoms. The highest BCUT2D eigenvalue weighted by Crippen LogP contribution is 2.26. The predicted octanol–water partition coefficient (Wildman–Crippen LogP) is 2.10. The summed E-state index contributed by atoms with van der Waals surface area (Å²) in [6.45, 7) is 5.84. The summed E-state index contributed by atoms with van der Waals surface area (Å²) in [5.41, 5.74) is 0. The standard InChI is InChI=1S/C13H22N4OS/c1-4-14-11-7-12(16-13(15-11)19-3)17-6-5-10(8-17)9-18-2/h7,10H,4-6,8-9H2,1-3H3,(H,14,15,16). The van der Waals surface area contributed by atoms with Crippen LogP contribution in [0.3, 0.4) is 0 Å². The lowest BCUT2D eigenvalue weighted by Gasteiger charge is -2.19. The lowest BCUT2D eigenvalue weighted by Crippen LogP contribution is -2.22. The molecule has 1 aromatic heterocycles. The SMILES string of the molecule is CCNc1cc(N2CCC(COC)C2)nc(SC)n1. The Bertz CT molecular complexity index is 416. The smallest absolute Gasteiger partial charge is 0.191 e. The summed E-state index contributed by atoms with van der Waals surface area (Å²) < 4.78 is 5.24.